The minimum atomic E-state index is -1.12. The van der Waals surface area contributed by atoms with Crippen molar-refractivity contribution >= 4 is 17.6 Å². The molecule has 4 nitrogen and oxygen atoms in total. The predicted molar refractivity (Wildman–Crippen MR) is 63.0 cm³/mol. The number of benzene rings is 1. The topological polar surface area (TPSA) is 69.2 Å². The van der Waals surface area contributed by atoms with Gasteiger partial charge in [0, 0.05) is 17.6 Å². The van der Waals surface area contributed by atoms with Crippen LogP contribution < -0.4 is 10.4 Å². The highest BCUT2D eigenvalue weighted by atomic mass is 16.4. The molecule has 0 aromatic heterocycles. The largest absolute Gasteiger partial charge is 0.550 e. The minimum Gasteiger partial charge on any atom is -0.550 e. The maximum Gasteiger partial charge on any atom is 0.227 e. The van der Waals surface area contributed by atoms with Gasteiger partial charge in [0.15, 0.2) is 0 Å². The lowest BCUT2D eigenvalue weighted by molar-refractivity contribution is -0.311. The van der Waals surface area contributed by atoms with Crippen molar-refractivity contribution in [1.29, 1.82) is 0 Å². The number of nitrogens with one attached hydrogen (secondary N) is 1. The molecule has 1 rings (SSSR count). The summed E-state index contributed by atoms with van der Waals surface area (Å²) in [6, 6.07) is 9.07. The van der Waals surface area contributed by atoms with Crippen LogP contribution in [0.4, 0.5) is 5.69 Å². The molecular weight excluding hydrogens is 218 g/mol. The Morgan fingerprint density at radius 3 is 2.29 bits per heavy atom. The molecule has 1 N–H and O–H groups in total. The second-order valence-corrected chi connectivity index (χ2v) is 4.21. The van der Waals surface area contributed by atoms with Crippen molar-refractivity contribution in [2.24, 2.45) is 11.8 Å². The number of anilines is 1. The molecule has 0 aliphatic rings. The zero-order valence-corrected chi connectivity index (χ0v) is 9.97. The first-order valence-corrected chi connectivity index (χ1v) is 5.57. The van der Waals surface area contributed by atoms with Crippen LogP contribution >= 0.6 is 0 Å². The summed E-state index contributed by atoms with van der Waals surface area (Å²) in [7, 11) is 0. The van der Waals surface area contributed by atoms with Crippen molar-refractivity contribution in [3.63, 3.8) is 0 Å². The fourth-order valence-corrected chi connectivity index (χ4v) is 1.52. The number of para-hydroxylation sites is 1. The van der Waals surface area contributed by atoms with Gasteiger partial charge in [-0.1, -0.05) is 32.0 Å². The number of rotatable bonds is 5. The third-order valence-electron chi connectivity index (χ3n) is 2.60. The number of carboxylic acid groups (broad SMARTS) is 1. The lowest BCUT2D eigenvalue weighted by Gasteiger charge is -2.17. The van der Waals surface area contributed by atoms with Crippen LogP contribution in [0.3, 0.4) is 0 Å². The maximum atomic E-state index is 11.7. The van der Waals surface area contributed by atoms with Crippen molar-refractivity contribution < 1.29 is 14.7 Å². The van der Waals surface area contributed by atoms with Gasteiger partial charge in [-0.05, 0) is 24.5 Å². The van der Waals surface area contributed by atoms with Gasteiger partial charge in [0.25, 0.3) is 0 Å². The summed E-state index contributed by atoms with van der Waals surface area (Å²) < 4.78 is 0. The SMILES string of the molecule is C[C@H](C[C@H](C)C(=O)[O-])C(=O)Nc1ccccc1. The van der Waals surface area contributed by atoms with E-state index in [0.717, 1.165) is 0 Å². The molecule has 0 spiro atoms. The summed E-state index contributed by atoms with van der Waals surface area (Å²) in [5.41, 5.74) is 0.713. The van der Waals surface area contributed by atoms with E-state index in [1.54, 1.807) is 26.0 Å². The van der Waals surface area contributed by atoms with E-state index in [1.165, 1.54) is 0 Å². The molecule has 0 saturated carbocycles. The lowest BCUT2D eigenvalue weighted by atomic mass is 9.97. The van der Waals surface area contributed by atoms with Gasteiger partial charge in [-0.25, -0.2) is 0 Å². The van der Waals surface area contributed by atoms with Crippen LogP contribution in [0, 0.1) is 11.8 Å². The molecular formula is C13H16NO3-. The molecule has 1 aromatic rings. The Kier molecular flexibility index (Phi) is 4.69. The number of hydrogen-bond donors (Lipinski definition) is 1. The molecule has 1 amide bonds. The van der Waals surface area contributed by atoms with Crippen LogP contribution in [0.1, 0.15) is 20.3 Å². The van der Waals surface area contributed by atoms with Crippen LogP contribution in [0.25, 0.3) is 0 Å². The fraction of sp³-hybridized carbons (Fsp3) is 0.385. The van der Waals surface area contributed by atoms with Crippen LogP contribution in [-0.2, 0) is 9.59 Å². The number of carbonyl (C=O) groups excluding carboxylic acids is 2. The molecule has 0 radical (unpaired) electrons. The Balaban J connectivity index is 2.50. The number of carbonyl (C=O) groups is 2. The highest BCUT2D eigenvalue weighted by Gasteiger charge is 2.16. The first kappa shape index (κ1) is 13.2. The molecule has 2 atom stereocenters. The monoisotopic (exact) mass is 234 g/mol. The van der Waals surface area contributed by atoms with Gasteiger partial charge in [0.2, 0.25) is 5.91 Å². The zero-order chi connectivity index (χ0) is 12.8. The van der Waals surface area contributed by atoms with E-state index in [-0.39, 0.29) is 18.2 Å². The van der Waals surface area contributed by atoms with Gasteiger partial charge in [0.1, 0.15) is 0 Å². The second-order valence-electron chi connectivity index (χ2n) is 4.21. The number of carboxylic acids is 1. The molecule has 0 aliphatic heterocycles. The third kappa shape index (κ3) is 4.26. The molecule has 0 bridgehead atoms. The summed E-state index contributed by atoms with van der Waals surface area (Å²) in [4.78, 5) is 22.3. The Labute approximate surface area is 101 Å². The summed E-state index contributed by atoms with van der Waals surface area (Å²) >= 11 is 0. The molecule has 0 aliphatic carbocycles. The van der Waals surface area contributed by atoms with Gasteiger partial charge in [-0.3, -0.25) is 4.79 Å². The standard InChI is InChI=1S/C13H17NO3/c1-9(8-10(2)13(16)17)12(15)14-11-6-4-3-5-7-11/h3-7,9-10H,8H2,1-2H3,(H,14,15)(H,16,17)/p-1/t9-,10+/m1/s1. The number of hydrogen-bond acceptors (Lipinski definition) is 3. The van der Waals surface area contributed by atoms with E-state index in [9.17, 15) is 14.7 Å². The van der Waals surface area contributed by atoms with Gasteiger partial charge in [-0.15, -0.1) is 0 Å². The molecule has 0 saturated heterocycles. The molecule has 0 unspecified atom stereocenters. The molecule has 0 fully saturated rings. The Morgan fingerprint density at radius 1 is 1.18 bits per heavy atom. The van der Waals surface area contributed by atoms with E-state index in [1.807, 2.05) is 18.2 Å². The van der Waals surface area contributed by atoms with Crippen LogP contribution in [-0.4, -0.2) is 11.9 Å². The van der Waals surface area contributed by atoms with Gasteiger partial charge in [0.05, 0.1) is 0 Å². The van der Waals surface area contributed by atoms with E-state index >= 15 is 0 Å². The normalized spacial score (nSPS) is 13.8. The molecule has 92 valence electrons. The number of amides is 1. The van der Waals surface area contributed by atoms with Gasteiger partial charge < -0.3 is 15.2 Å². The van der Waals surface area contributed by atoms with Crippen LogP contribution in [0.15, 0.2) is 30.3 Å². The smallest absolute Gasteiger partial charge is 0.227 e. The first-order chi connectivity index (χ1) is 8.00. The maximum absolute atomic E-state index is 11.7. The fourth-order valence-electron chi connectivity index (χ4n) is 1.52. The zero-order valence-electron chi connectivity index (χ0n) is 9.97. The Bertz CT molecular complexity index is 389. The van der Waals surface area contributed by atoms with Gasteiger partial charge >= 0.3 is 0 Å². The average Bonchev–Trinajstić information content (AvgIpc) is 2.29. The van der Waals surface area contributed by atoms with E-state index < -0.39 is 11.9 Å². The van der Waals surface area contributed by atoms with E-state index in [2.05, 4.69) is 5.32 Å². The molecule has 0 heterocycles. The van der Waals surface area contributed by atoms with Crippen molar-refractivity contribution in [3.05, 3.63) is 30.3 Å². The first-order valence-electron chi connectivity index (χ1n) is 5.57. The molecule has 1 aromatic carbocycles. The average molecular weight is 234 g/mol. The van der Waals surface area contributed by atoms with Crippen LogP contribution in [0.2, 0.25) is 0 Å². The highest BCUT2D eigenvalue weighted by Crippen LogP contribution is 2.14. The molecule has 17 heavy (non-hydrogen) atoms. The Morgan fingerprint density at radius 2 is 1.76 bits per heavy atom. The lowest BCUT2D eigenvalue weighted by Crippen LogP contribution is -2.32. The second kappa shape index (κ2) is 6.03. The summed E-state index contributed by atoms with van der Waals surface area (Å²) in [5.74, 6) is -2.27. The van der Waals surface area contributed by atoms with Crippen molar-refractivity contribution in [1.82, 2.24) is 0 Å². The van der Waals surface area contributed by atoms with Crippen molar-refractivity contribution in [2.45, 2.75) is 20.3 Å². The van der Waals surface area contributed by atoms with Crippen molar-refractivity contribution in [2.75, 3.05) is 5.32 Å². The van der Waals surface area contributed by atoms with Crippen LogP contribution in [0.5, 0.6) is 0 Å². The predicted octanol–water partition coefficient (Wildman–Crippen LogP) is 1.04. The highest BCUT2D eigenvalue weighted by molar-refractivity contribution is 5.92. The minimum absolute atomic E-state index is 0.177. The van der Waals surface area contributed by atoms with Gasteiger partial charge in [-0.2, -0.15) is 0 Å². The Hall–Kier alpha value is -1.84. The van der Waals surface area contributed by atoms with E-state index in [4.69, 9.17) is 0 Å². The van der Waals surface area contributed by atoms with Crippen molar-refractivity contribution in [3.8, 4) is 0 Å². The van der Waals surface area contributed by atoms with E-state index in [0.29, 0.717) is 5.69 Å². The summed E-state index contributed by atoms with van der Waals surface area (Å²) in [6.07, 6.45) is 0.279. The third-order valence-corrected chi connectivity index (χ3v) is 2.60. The molecule has 4 heteroatoms. The quantitative estimate of drug-likeness (QED) is 0.827. The summed E-state index contributed by atoms with van der Waals surface area (Å²) in [5, 5.41) is 13.3. The number of aliphatic carboxylic acids is 1. The summed E-state index contributed by atoms with van der Waals surface area (Å²) in [6.45, 7) is 3.25.